The molecule has 17 heavy (non-hydrogen) atoms. The van der Waals surface area contributed by atoms with E-state index in [0.29, 0.717) is 19.5 Å². The number of nitrogens with one attached hydrogen (secondary N) is 1. The summed E-state index contributed by atoms with van der Waals surface area (Å²) in [6.07, 6.45) is 5.50. The molecule has 1 N–H and O–H groups in total. The average Bonchev–Trinajstić information content (AvgIpc) is 2.72. The van der Waals surface area contributed by atoms with Crippen molar-refractivity contribution < 1.29 is 9.59 Å². The molecule has 1 unspecified atom stereocenters. The number of carbonyl (C=O) groups excluding carboxylic acids is 2. The lowest BCUT2D eigenvalue weighted by atomic mass is 10.1. The molecule has 92 valence electrons. The van der Waals surface area contributed by atoms with Crippen molar-refractivity contribution in [3.8, 4) is 12.3 Å². The van der Waals surface area contributed by atoms with Crippen LogP contribution in [0.1, 0.15) is 6.42 Å². The van der Waals surface area contributed by atoms with Crippen LogP contribution in [0, 0.1) is 18.3 Å². The molecule has 2 aliphatic rings. The summed E-state index contributed by atoms with van der Waals surface area (Å²) in [5, 5.41) is 3.20. The van der Waals surface area contributed by atoms with Crippen molar-refractivity contribution >= 4 is 11.8 Å². The van der Waals surface area contributed by atoms with E-state index in [4.69, 9.17) is 6.42 Å². The van der Waals surface area contributed by atoms with Crippen LogP contribution < -0.4 is 5.32 Å². The summed E-state index contributed by atoms with van der Waals surface area (Å²) >= 11 is 0. The van der Waals surface area contributed by atoms with Crippen molar-refractivity contribution in [3.63, 3.8) is 0 Å². The highest BCUT2D eigenvalue weighted by molar-refractivity contribution is 5.89. The summed E-state index contributed by atoms with van der Waals surface area (Å²) in [5.74, 6) is 2.34. The van der Waals surface area contributed by atoms with Gasteiger partial charge in [0.05, 0.1) is 12.5 Å². The highest BCUT2D eigenvalue weighted by Gasteiger charge is 2.36. The van der Waals surface area contributed by atoms with Crippen molar-refractivity contribution in [1.29, 1.82) is 0 Å². The van der Waals surface area contributed by atoms with Gasteiger partial charge in [-0.2, -0.15) is 0 Å². The van der Waals surface area contributed by atoms with Gasteiger partial charge in [0.1, 0.15) is 0 Å². The van der Waals surface area contributed by atoms with Crippen molar-refractivity contribution in [2.24, 2.45) is 5.92 Å². The first-order chi connectivity index (χ1) is 8.22. The van der Waals surface area contributed by atoms with Gasteiger partial charge in [-0.3, -0.25) is 9.59 Å². The van der Waals surface area contributed by atoms with Gasteiger partial charge < -0.3 is 15.1 Å². The number of likely N-dealkylation sites (tertiary alicyclic amines) is 1. The first-order valence-corrected chi connectivity index (χ1v) is 5.93. The summed E-state index contributed by atoms with van der Waals surface area (Å²) < 4.78 is 0. The molecule has 2 rings (SSSR count). The van der Waals surface area contributed by atoms with Gasteiger partial charge in [0.15, 0.2) is 0 Å². The second-order valence-electron chi connectivity index (χ2n) is 4.45. The molecule has 1 atom stereocenters. The predicted molar refractivity (Wildman–Crippen MR) is 63.0 cm³/mol. The van der Waals surface area contributed by atoms with Crippen molar-refractivity contribution in [2.75, 3.05) is 39.3 Å². The van der Waals surface area contributed by atoms with Crippen LogP contribution in [0.2, 0.25) is 0 Å². The van der Waals surface area contributed by atoms with Gasteiger partial charge >= 0.3 is 0 Å². The molecule has 2 heterocycles. The Kier molecular flexibility index (Phi) is 3.64. The number of terminal acetylenes is 1. The summed E-state index contributed by atoms with van der Waals surface area (Å²) in [4.78, 5) is 27.2. The average molecular weight is 235 g/mol. The minimum absolute atomic E-state index is 0.00330. The van der Waals surface area contributed by atoms with E-state index in [9.17, 15) is 9.59 Å². The zero-order valence-electron chi connectivity index (χ0n) is 9.82. The van der Waals surface area contributed by atoms with Crippen LogP contribution in [-0.4, -0.2) is 60.9 Å². The molecular formula is C12H17N3O2. The SMILES string of the molecule is C#CCN1CC(C(=O)N2CCNCC2)CC1=O. The van der Waals surface area contributed by atoms with Gasteiger partial charge in [0.2, 0.25) is 11.8 Å². The maximum absolute atomic E-state index is 12.2. The third kappa shape index (κ3) is 2.59. The fourth-order valence-corrected chi connectivity index (χ4v) is 2.34. The Balaban J connectivity index is 1.93. The third-order valence-corrected chi connectivity index (χ3v) is 3.27. The molecule has 5 heteroatoms. The highest BCUT2D eigenvalue weighted by atomic mass is 16.2. The van der Waals surface area contributed by atoms with Gasteiger partial charge in [-0.1, -0.05) is 5.92 Å². The molecule has 2 saturated heterocycles. The van der Waals surface area contributed by atoms with E-state index in [0.717, 1.165) is 26.2 Å². The van der Waals surface area contributed by atoms with Crippen LogP contribution in [0.5, 0.6) is 0 Å². The number of hydrogen-bond donors (Lipinski definition) is 1. The predicted octanol–water partition coefficient (Wildman–Crippen LogP) is -1.10. The summed E-state index contributed by atoms with van der Waals surface area (Å²) in [7, 11) is 0. The maximum Gasteiger partial charge on any atom is 0.228 e. The quantitative estimate of drug-likeness (QED) is 0.618. The van der Waals surface area contributed by atoms with Crippen LogP contribution in [0.3, 0.4) is 0 Å². The van der Waals surface area contributed by atoms with Crippen LogP contribution in [0.25, 0.3) is 0 Å². The van der Waals surface area contributed by atoms with Crippen LogP contribution in [0.4, 0.5) is 0 Å². The largest absolute Gasteiger partial charge is 0.340 e. The summed E-state index contributed by atoms with van der Waals surface area (Å²) in [6, 6.07) is 0. The van der Waals surface area contributed by atoms with E-state index < -0.39 is 0 Å². The van der Waals surface area contributed by atoms with Gasteiger partial charge in [-0.15, -0.1) is 6.42 Å². The lowest BCUT2D eigenvalue weighted by molar-refractivity contribution is -0.136. The number of nitrogens with zero attached hydrogens (tertiary/aromatic N) is 2. The van der Waals surface area contributed by atoms with E-state index >= 15 is 0 Å². The molecule has 0 bridgehead atoms. The van der Waals surface area contributed by atoms with E-state index in [1.165, 1.54) is 0 Å². The molecule has 0 aromatic heterocycles. The van der Waals surface area contributed by atoms with E-state index in [-0.39, 0.29) is 17.7 Å². The molecule has 0 aromatic carbocycles. The Morgan fingerprint density at radius 2 is 2.18 bits per heavy atom. The summed E-state index contributed by atoms with van der Waals surface area (Å²) in [5.41, 5.74) is 0. The van der Waals surface area contributed by atoms with Crippen molar-refractivity contribution in [3.05, 3.63) is 0 Å². The van der Waals surface area contributed by atoms with Gasteiger partial charge in [0.25, 0.3) is 0 Å². The monoisotopic (exact) mass is 235 g/mol. The zero-order valence-corrected chi connectivity index (χ0v) is 9.82. The Bertz CT molecular complexity index is 355. The molecule has 2 fully saturated rings. The Morgan fingerprint density at radius 3 is 2.82 bits per heavy atom. The zero-order chi connectivity index (χ0) is 12.3. The van der Waals surface area contributed by atoms with Crippen molar-refractivity contribution in [1.82, 2.24) is 15.1 Å². The molecule has 0 aromatic rings. The number of amides is 2. The molecule has 0 spiro atoms. The van der Waals surface area contributed by atoms with Crippen LogP contribution in [0.15, 0.2) is 0 Å². The number of piperazine rings is 1. The Labute approximate surface area is 101 Å². The maximum atomic E-state index is 12.2. The van der Waals surface area contributed by atoms with E-state index in [2.05, 4.69) is 11.2 Å². The number of rotatable bonds is 2. The van der Waals surface area contributed by atoms with Gasteiger partial charge in [-0.05, 0) is 0 Å². The molecule has 0 radical (unpaired) electrons. The van der Waals surface area contributed by atoms with Crippen molar-refractivity contribution in [2.45, 2.75) is 6.42 Å². The number of hydrogen-bond acceptors (Lipinski definition) is 3. The smallest absolute Gasteiger partial charge is 0.228 e. The third-order valence-electron chi connectivity index (χ3n) is 3.27. The van der Waals surface area contributed by atoms with E-state index in [1.807, 2.05) is 4.90 Å². The molecule has 2 amide bonds. The lowest BCUT2D eigenvalue weighted by Crippen LogP contribution is -2.48. The fraction of sp³-hybridized carbons (Fsp3) is 0.667. The van der Waals surface area contributed by atoms with Gasteiger partial charge in [-0.25, -0.2) is 0 Å². The molecule has 0 saturated carbocycles. The van der Waals surface area contributed by atoms with Crippen LogP contribution >= 0.6 is 0 Å². The van der Waals surface area contributed by atoms with Gasteiger partial charge in [0, 0.05) is 39.1 Å². The minimum Gasteiger partial charge on any atom is -0.340 e. The first-order valence-electron chi connectivity index (χ1n) is 5.93. The van der Waals surface area contributed by atoms with Crippen LogP contribution in [-0.2, 0) is 9.59 Å². The lowest BCUT2D eigenvalue weighted by Gasteiger charge is -2.29. The minimum atomic E-state index is -0.200. The summed E-state index contributed by atoms with van der Waals surface area (Å²) in [6.45, 7) is 3.92. The second-order valence-corrected chi connectivity index (χ2v) is 4.45. The molecule has 0 aliphatic carbocycles. The highest BCUT2D eigenvalue weighted by Crippen LogP contribution is 2.19. The Morgan fingerprint density at radius 1 is 1.47 bits per heavy atom. The first kappa shape index (κ1) is 11.9. The fourth-order valence-electron chi connectivity index (χ4n) is 2.34. The molecule has 5 nitrogen and oxygen atoms in total. The topological polar surface area (TPSA) is 52.7 Å². The molecular weight excluding hydrogens is 218 g/mol. The Hall–Kier alpha value is -1.54. The second kappa shape index (κ2) is 5.19. The molecule has 2 aliphatic heterocycles. The standard InChI is InChI=1S/C12H17N3O2/c1-2-5-15-9-10(8-11(15)16)12(17)14-6-3-13-4-7-14/h1,10,13H,3-9H2. The normalized spacial score (nSPS) is 24.9. The number of carbonyl (C=O) groups is 2. The van der Waals surface area contributed by atoms with E-state index in [1.54, 1.807) is 4.90 Å².